The number of rotatable bonds is 9. The van der Waals surface area contributed by atoms with E-state index in [-0.39, 0.29) is 0 Å². The summed E-state index contributed by atoms with van der Waals surface area (Å²) in [6.07, 6.45) is 10.3. The van der Waals surface area contributed by atoms with Gasteiger partial charge in [-0.1, -0.05) is 13.0 Å². The zero-order valence-electron chi connectivity index (χ0n) is 18.4. The maximum Gasteiger partial charge on any atom is 0.165 e. The highest BCUT2D eigenvalue weighted by atomic mass is 16.5. The molecule has 2 saturated carbocycles. The first kappa shape index (κ1) is 20.1. The van der Waals surface area contributed by atoms with Crippen LogP contribution in [0.5, 0.6) is 11.5 Å². The lowest BCUT2D eigenvalue weighted by molar-refractivity contribution is 0.200. The molecule has 2 aliphatic carbocycles. The molecule has 0 spiro atoms. The van der Waals surface area contributed by atoms with Gasteiger partial charge in [-0.25, -0.2) is 15.0 Å². The number of hydrogen-bond donors (Lipinski definition) is 1. The zero-order chi connectivity index (χ0) is 21.2. The summed E-state index contributed by atoms with van der Waals surface area (Å²) in [7, 11) is 1.69. The minimum Gasteiger partial charge on any atom is -0.493 e. The number of anilines is 1. The van der Waals surface area contributed by atoms with Crippen molar-refractivity contribution in [2.24, 2.45) is 0 Å². The SMILES string of the molecule is CCCn1cnc(NCc2ccc(OC)c(OC3CCCC3)c2)c2nc(C3CC3)nc1-2. The molecule has 7 nitrogen and oxygen atoms in total. The van der Waals surface area contributed by atoms with Crippen LogP contribution in [0.2, 0.25) is 0 Å². The summed E-state index contributed by atoms with van der Waals surface area (Å²) >= 11 is 0. The van der Waals surface area contributed by atoms with E-state index in [0.29, 0.717) is 18.6 Å². The second-order valence-electron chi connectivity index (χ2n) is 8.68. The second kappa shape index (κ2) is 8.73. The molecule has 1 N–H and O–H groups in total. The summed E-state index contributed by atoms with van der Waals surface area (Å²) in [5.74, 6) is 4.81. The zero-order valence-corrected chi connectivity index (χ0v) is 18.4. The van der Waals surface area contributed by atoms with Crippen molar-refractivity contribution in [3.63, 3.8) is 0 Å². The first-order valence-corrected chi connectivity index (χ1v) is 11.6. The fraction of sp³-hybridized carbons (Fsp3) is 0.542. The molecule has 31 heavy (non-hydrogen) atoms. The highest BCUT2D eigenvalue weighted by molar-refractivity contribution is 5.68. The summed E-state index contributed by atoms with van der Waals surface area (Å²) in [5.41, 5.74) is 1.99. The predicted octanol–water partition coefficient (Wildman–Crippen LogP) is 5.01. The lowest BCUT2D eigenvalue weighted by Gasteiger charge is -2.17. The standard InChI is InChI=1S/C24H31N5O2/c1-3-12-29-15-26-23(21-24(29)28-22(27-21)17-9-10-17)25-14-16-8-11-19(30-2)20(13-16)31-18-6-4-5-7-18/h8,11,13,15,17-18,25H,3-7,9-10,12,14H2,1-2H3. The Hall–Kier alpha value is -2.83. The van der Waals surface area contributed by atoms with Crippen molar-refractivity contribution in [2.45, 2.75) is 77.0 Å². The number of methoxy groups -OCH3 is 1. The van der Waals surface area contributed by atoms with Gasteiger partial charge in [-0.2, -0.15) is 0 Å². The summed E-state index contributed by atoms with van der Waals surface area (Å²) < 4.78 is 13.9. The van der Waals surface area contributed by atoms with Gasteiger partial charge in [-0.15, -0.1) is 0 Å². The largest absolute Gasteiger partial charge is 0.493 e. The van der Waals surface area contributed by atoms with Crippen molar-refractivity contribution in [1.29, 1.82) is 0 Å². The van der Waals surface area contributed by atoms with E-state index < -0.39 is 0 Å². The van der Waals surface area contributed by atoms with Crippen LogP contribution in [0.25, 0.3) is 11.5 Å². The minimum absolute atomic E-state index is 0.293. The number of fused-ring (bicyclic) bond motifs is 1. The number of ether oxygens (including phenoxy) is 2. The summed E-state index contributed by atoms with van der Waals surface area (Å²) in [6.45, 7) is 3.70. The summed E-state index contributed by atoms with van der Waals surface area (Å²) in [4.78, 5) is 14.3. The van der Waals surface area contributed by atoms with Gasteiger partial charge in [0.15, 0.2) is 28.8 Å². The van der Waals surface area contributed by atoms with Gasteiger partial charge in [0.25, 0.3) is 0 Å². The first-order chi connectivity index (χ1) is 15.2. The van der Waals surface area contributed by atoms with Crippen LogP contribution in [0.4, 0.5) is 5.82 Å². The maximum absolute atomic E-state index is 6.25. The van der Waals surface area contributed by atoms with Crippen molar-refractivity contribution < 1.29 is 9.47 Å². The Morgan fingerprint density at radius 1 is 1.10 bits per heavy atom. The van der Waals surface area contributed by atoms with E-state index in [2.05, 4.69) is 33.9 Å². The van der Waals surface area contributed by atoms with Crippen LogP contribution in [0, 0.1) is 0 Å². The van der Waals surface area contributed by atoms with Crippen molar-refractivity contribution >= 4 is 5.82 Å². The van der Waals surface area contributed by atoms with Crippen molar-refractivity contribution in [1.82, 2.24) is 19.5 Å². The Morgan fingerprint density at radius 2 is 1.94 bits per heavy atom. The number of hydrogen-bond acceptors (Lipinski definition) is 6. The van der Waals surface area contributed by atoms with E-state index in [1.54, 1.807) is 7.11 Å². The third kappa shape index (κ3) is 4.31. The molecule has 0 radical (unpaired) electrons. The van der Waals surface area contributed by atoms with Gasteiger partial charge < -0.3 is 19.4 Å². The molecule has 0 unspecified atom stereocenters. The normalized spacial score (nSPS) is 16.7. The molecule has 0 amide bonds. The Balaban J connectivity index is 1.36. The molecule has 2 fully saturated rings. The van der Waals surface area contributed by atoms with Crippen molar-refractivity contribution in [2.75, 3.05) is 12.4 Å². The van der Waals surface area contributed by atoms with E-state index in [1.165, 1.54) is 25.7 Å². The number of aryl methyl sites for hydroxylation is 1. The third-order valence-electron chi connectivity index (χ3n) is 6.17. The number of imidazole rings is 1. The fourth-order valence-corrected chi connectivity index (χ4v) is 4.31. The molecule has 4 aliphatic rings. The van der Waals surface area contributed by atoms with Crippen LogP contribution < -0.4 is 14.8 Å². The molecule has 0 saturated heterocycles. The molecular weight excluding hydrogens is 390 g/mol. The Bertz CT molecular complexity index is 1010. The van der Waals surface area contributed by atoms with E-state index in [0.717, 1.165) is 66.0 Å². The fourth-order valence-electron chi connectivity index (χ4n) is 4.31. The number of nitrogens with zero attached hydrogens (tertiary/aromatic N) is 4. The Kier molecular flexibility index (Phi) is 5.66. The van der Waals surface area contributed by atoms with Crippen molar-refractivity contribution in [3.8, 4) is 23.0 Å². The van der Waals surface area contributed by atoms with Gasteiger partial charge in [-0.3, -0.25) is 0 Å². The average Bonchev–Trinajstić information content (AvgIpc) is 3.32. The third-order valence-corrected chi connectivity index (χ3v) is 6.17. The van der Waals surface area contributed by atoms with Gasteiger partial charge in [0.2, 0.25) is 0 Å². The first-order valence-electron chi connectivity index (χ1n) is 11.6. The van der Waals surface area contributed by atoms with Crippen molar-refractivity contribution in [3.05, 3.63) is 35.9 Å². The summed E-state index contributed by atoms with van der Waals surface area (Å²) in [5, 5.41) is 3.48. The molecule has 0 atom stereocenters. The van der Waals surface area contributed by atoms with Gasteiger partial charge in [0, 0.05) is 19.0 Å². The molecule has 0 bridgehead atoms. The molecule has 5 rings (SSSR count). The van der Waals surface area contributed by atoms with Gasteiger partial charge in [-0.05, 0) is 62.6 Å². The number of aromatic nitrogens is 4. The number of nitrogens with one attached hydrogen (secondary N) is 1. The highest BCUT2D eigenvalue weighted by Crippen LogP contribution is 2.41. The minimum atomic E-state index is 0.293. The second-order valence-corrected chi connectivity index (χ2v) is 8.68. The van der Waals surface area contributed by atoms with Crippen LogP contribution in [0.1, 0.15) is 69.2 Å². The van der Waals surface area contributed by atoms with Gasteiger partial charge >= 0.3 is 0 Å². The molecule has 0 aromatic heterocycles. The smallest absolute Gasteiger partial charge is 0.165 e. The Morgan fingerprint density at radius 3 is 2.68 bits per heavy atom. The lowest BCUT2D eigenvalue weighted by Crippen LogP contribution is -2.12. The molecule has 164 valence electrons. The van der Waals surface area contributed by atoms with Crippen LogP contribution in [-0.4, -0.2) is 32.7 Å². The van der Waals surface area contributed by atoms with E-state index >= 15 is 0 Å². The summed E-state index contributed by atoms with van der Waals surface area (Å²) in [6, 6.07) is 6.13. The van der Waals surface area contributed by atoms with E-state index in [1.807, 2.05) is 12.4 Å². The molecule has 7 heteroatoms. The predicted molar refractivity (Wildman–Crippen MR) is 120 cm³/mol. The molecule has 1 aromatic rings. The Labute approximate surface area is 183 Å². The lowest BCUT2D eigenvalue weighted by atomic mass is 10.2. The van der Waals surface area contributed by atoms with E-state index in [4.69, 9.17) is 19.4 Å². The topological polar surface area (TPSA) is 74.1 Å². The van der Waals surface area contributed by atoms with Crippen LogP contribution in [-0.2, 0) is 13.1 Å². The number of benzene rings is 1. The highest BCUT2D eigenvalue weighted by Gasteiger charge is 2.31. The monoisotopic (exact) mass is 421 g/mol. The van der Waals surface area contributed by atoms with Gasteiger partial charge in [0.05, 0.1) is 19.5 Å². The average molecular weight is 422 g/mol. The molecule has 1 aromatic carbocycles. The van der Waals surface area contributed by atoms with Crippen LogP contribution >= 0.6 is 0 Å². The molecule has 2 heterocycles. The van der Waals surface area contributed by atoms with Crippen LogP contribution in [0.15, 0.2) is 24.5 Å². The van der Waals surface area contributed by atoms with Gasteiger partial charge in [0.1, 0.15) is 5.82 Å². The maximum atomic E-state index is 6.25. The van der Waals surface area contributed by atoms with E-state index in [9.17, 15) is 0 Å². The molecule has 2 aliphatic heterocycles. The molecular formula is C24H31N5O2. The van der Waals surface area contributed by atoms with Crippen LogP contribution in [0.3, 0.4) is 0 Å². The quantitative estimate of drug-likeness (QED) is 0.524.